The van der Waals surface area contributed by atoms with Gasteiger partial charge in [0.05, 0.1) is 17.0 Å². The fraction of sp³-hybridized carbons (Fsp3) is 0.308. The molecule has 0 spiro atoms. The van der Waals surface area contributed by atoms with Gasteiger partial charge in [0.2, 0.25) is 5.91 Å². The van der Waals surface area contributed by atoms with Crippen LogP contribution in [0, 0.1) is 23.7 Å². The first-order chi connectivity index (χ1) is 7.64. The van der Waals surface area contributed by atoms with Crippen LogP contribution in [0.3, 0.4) is 0 Å². The molecule has 1 aromatic carbocycles. The topological polar surface area (TPSA) is 52.9 Å². The summed E-state index contributed by atoms with van der Waals surface area (Å²) in [5.74, 6) is 0.00913. The van der Waals surface area contributed by atoms with E-state index in [-0.39, 0.29) is 5.91 Å². The van der Waals surface area contributed by atoms with E-state index in [2.05, 4.69) is 18.3 Å². The monoisotopic (exact) mass is 213 g/mol. The Bertz CT molecular complexity index is 461. The Labute approximate surface area is 95.1 Å². The molecule has 3 nitrogen and oxygen atoms in total. The Morgan fingerprint density at radius 3 is 3.00 bits per heavy atom. The van der Waals surface area contributed by atoms with Crippen molar-refractivity contribution >= 4 is 5.91 Å². The highest BCUT2D eigenvalue weighted by Crippen LogP contribution is 2.30. The summed E-state index contributed by atoms with van der Waals surface area (Å²) in [4.78, 5) is 11.6. The van der Waals surface area contributed by atoms with Gasteiger partial charge in [0.15, 0.2) is 0 Å². The predicted molar refractivity (Wildman–Crippen MR) is 60.3 cm³/mol. The summed E-state index contributed by atoms with van der Waals surface area (Å²) in [6, 6.07) is 9.44. The number of nitrogens with zero attached hydrogens (tertiary/aromatic N) is 1. The third-order valence-corrected chi connectivity index (χ3v) is 2.97. The number of carbonyl (C=O) groups is 1. The highest BCUT2D eigenvalue weighted by atomic mass is 16.2. The molecule has 0 aromatic heterocycles. The quantitative estimate of drug-likeness (QED) is 0.808. The number of benzene rings is 1. The average molecular weight is 213 g/mol. The molecule has 1 heterocycles. The molecule has 2 rings (SSSR count). The number of nitriles is 1. The second kappa shape index (κ2) is 3.97. The molecular formula is C13H13N2O. The van der Waals surface area contributed by atoms with Crippen LogP contribution in [0.2, 0.25) is 0 Å². The van der Waals surface area contributed by atoms with E-state index in [0.29, 0.717) is 18.5 Å². The van der Waals surface area contributed by atoms with Gasteiger partial charge in [0.1, 0.15) is 0 Å². The van der Waals surface area contributed by atoms with Crippen LogP contribution in [0.25, 0.3) is 0 Å². The minimum Gasteiger partial charge on any atom is -0.356 e. The first-order valence-electron chi connectivity index (χ1n) is 5.27. The van der Waals surface area contributed by atoms with Crippen molar-refractivity contribution in [3.63, 3.8) is 0 Å². The van der Waals surface area contributed by atoms with Crippen molar-refractivity contribution in [2.45, 2.75) is 12.8 Å². The summed E-state index contributed by atoms with van der Waals surface area (Å²) in [6.07, 6.45) is 1.34. The average Bonchev–Trinajstić information content (AvgIpc) is 2.59. The molecule has 1 radical (unpaired) electrons. The fourth-order valence-corrected chi connectivity index (χ4v) is 2.03. The van der Waals surface area contributed by atoms with Crippen molar-refractivity contribution in [3.05, 3.63) is 42.3 Å². The molecule has 16 heavy (non-hydrogen) atoms. The van der Waals surface area contributed by atoms with E-state index >= 15 is 0 Å². The number of hydrogen-bond donors (Lipinski definition) is 1. The maximum absolute atomic E-state index is 11.6. The molecule has 3 heteroatoms. The Kier molecular flexibility index (Phi) is 2.66. The van der Waals surface area contributed by atoms with Crippen molar-refractivity contribution in [3.8, 4) is 6.07 Å². The number of carbonyl (C=O) groups excluding carboxylic acids is 1. The highest BCUT2D eigenvalue weighted by molar-refractivity contribution is 5.85. The van der Waals surface area contributed by atoms with Crippen LogP contribution in [-0.2, 0) is 11.2 Å². The van der Waals surface area contributed by atoms with Crippen LogP contribution in [0.5, 0.6) is 0 Å². The van der Waals surface area contributed by atoms with Gasteiger partial charge in [0, 0.05) is 6.54 Å². The Morgan fingerprint density at radius 1 is 1.56 bits per heavy atom. The molecule has 81 valence electrons. The highest BCUT2D eigenvalue weighted by Gasteiger charge is 2.37. The fourth-order valence-electron chi connectivity index (χ4n) is 2.03. The van der Waals surface area contributed by atoms with Gasteiger partial charge in [-0.15, -0.1) is 0 Å². The third kappa shape index (κ3) is 1.92. The zero-order chi connectivity index (χ0) is 11.6. The molecule has 0 saturated carbocycles. The zero-order valence-electron chi connectivity index (χ0n) is 8.99. The zero-order valence-corrected chi connectivity index (χ0v) is 8.99. The molecule has 1 aromatic rings. The van der Waals surface area contributed by atoms with E-state index in [1.54, 1.807) is 6.07 Å². The molecule has 1 fully saturated rings. The van der Waals surface area contributed by atoms with Gasteiger partial charge < -0.3 is 5.32 Å². The lowest BCUT2D eigenvalue weighted by atomic mass is 9.82. The van der Waals surface area contributed by atoms with Crippen molar-refractivity contribution in [2.75, 3.05) is 6.54 Å². The van der Waals surface area contributed by atoms with Gasteiger partial charge in [0.25, 0.3) is 0 Å². The maximum atomic E-state index is 11.6. The molecule has 0 bridgehead atoms. The van der Waals surface area contributed by atoms with Gasteiger partial charge in [-0.3, -0.25) is 4.79 Å². The summed E-state index contributed by atoms with van der Waals surface area (Å²) < 4.78 is 0. The van der Waals surface area contributed by atoms with Crippen molar-refractivity contribution in [2.24, 2.45) is 5.41 Å². The van der Waals surface area contributed by atoms with Crippen LogP contribution < -0.4 is 5.32 Å². The van der Waals surface area contributed by atoms with E-state index in [1.165, 1.54) is 0 Å². The van der Waals surface area contributed by atoms with E-state index in [1.807, 2.05) is 18.2 Å². The molecular weight excluding hydrogens is 200 g/mol. The summed E-state index contributed by atoms with van der Waals surface area (Å²) in [5.41, 5.74) is 1.05. The first-order valence-corrected chi connectivity index (χ1v) is 5.27. The van der Waals surface area contributed by atoms with Crippen molar-refractivity contribution in [1.82, 2.24) is 5.32 Å². The lowest BCUT2D eigenvalue weighted by Crippen LogP contribution is -2.30. The Morgan fingerprint density at radius 2 is 2.38 bits per heavy atom. The predicted octanol–water partition coefficient (Wildman–Crippen LogP) is 1.44. The first kappa shape index (κ1) is 10.7. The standard InChI is InChI=1S/C13H13N2O/c1-13(5-6-15-12(13)16)8-10-3-2-4-11(7-10)9-14/h2-4,7H,1,5-6,8H2,(H,15,16)/t13-/m1/s1. The van der Waals surface area contributed by atoms with Crippen LogP contribution in [0.15, 0.2) is 24.3 Å². The van der Waals surface area contributed by atoms with Gasteiger partial charge in [-0.05, 0) is 37.5 Å². The summed E-state index contributed by atoms with van der Waals surface area (Å²) >= 11 is 0. The minimum atomic E-state index is -0.561. The van der Waals surface area contributed by atoms with Crippen molar-refractivity contribution < 1.29 is 4.79 Å². The molecule has 1 saturated heterocycles. The van der Waals surface area contributed by atoms with Gasteiger partial charge >= 0.3 is 0 Å². The van der Waals surface area contributed by atoms with Crippen LogP contribution in [0.1, 0.15) is 17.5 Å². The second-order valence-electron chi connectivity index (χ2n) is 4.28. The van der Waals surface area contributed by atoms with Gasteiger partial charge in [-0.1, -0.05) is 12.1 Å². The molecule has 1 amide bonds. The Hall–Kier alpha value is -1.82. The summed E-state index contributed by atoms with van der Waals surface area (Å²) in [6.45, 7) is 4.70. The van der Waals surface area contributed by atoms with E-state index in [4.69, 9.17) is 5.26 Å². The summed E-state index contributed by atoms with van der Waals surface area (Å²) in [5, 5.41) is 11.6. The smallest absolute Gasteiger partial charge is 0.226 e. The maximum Gasteiger partial charge on any atom is 0.226 e. The second-order valence-corrected chi connectivity index (χ2v) is 4.28. The lowest BCUT2D eigenvalue weighted by Gasteiger charge is -2.20. The minimum absolute atomic E-state index is 0.00913. The van der Waals surface area contributed by atoms with E-state index < -0.39 is 5.41 Å². The molecule has 1 atom stereocenters. The van der Waals surface area contributed by atoms with Crippen LogP contribution in [0.4, 0.5) is 0 Å². The third-order valence-electron chi connectivity index (χ3n) is 2.97. The van der Waals surface area contributed by atoms with E-state index in [0.717, 1.165) is 12.0 Å². The number of amides is 1. The molecule has 0 aliphatic carbocycles. The molecule has 1 aliphatic heterocycles. The van der Waals surface area contributed by atoms with E-state index in [9.17, 15) is 4.79 Å². The molecule has 1 N–H and O–H groups in total. The van der Waals surface area contributed by atoms with Crippen LogP contribution >= 0.6 is 0 Å². The van der Waals surface area contributed by atoms with Crippen molar-refractivity contribution in [1.29, 1.82) is 5.26 Å². The molecule has 1 aliphatic rings. The number of nitrogens with one attached hydrogen (secondary N) is 1. The number of hydrogen-bond acceptors (Lipinski definition) is 2. The van der Waals surface area contributed by atoms with Gasteiger partial charge in [-0.25, -0.2) is 0 Å². The van der Waals surface area contributed by atoms with Crippen LogP contribution in [-0.4, -0.2) is 12.5 Å². The SMILES string of the molecule is [CH2][C@]1(Cc2cccc(C#N)c2)CCNC1=O. The Balaban J connectivity index is 2.21. The number of rotatable bonds is 2. The summed E-state index contributed by atoms with van der Waals surface area (Å²) in [7, 11) is 0. The largest absolute Gasteiger partial charge is 0.356 e. The molecule has 0 unspecified atom stereocenters. The van der Waals surface area contributed by atoms with Gasteiger partial charge in [-0.2, -0.15) is 5.26 Å². The normalized spacial score (nSPS) is 23.9. The lowest BCUT2D eigenvalue weighted by molar-refractivity contribution is -0.125.